The van der Waals surface area contributed by atoms with Crippen LogP contribution in [0.2, 0.25) is 0 Å². The summed E-state index contributed by atoms with van der Waals surface area (Å²) >= 11 is 0. The lowest BCUT2D eigenvalue weighted by Crippen LogP contribution is -2.23. The van der Waals surface area contributed by atoms with Crippen LogP contribution in [-0.2, 0) is 0 Å². The fourth-order valence-corrected chi connectivity index (χ4v) is 6.37. The van der Waals surface area contributed by atoms with Crippen LogP contribution in [0.15, 0.2) is 42.6 Å². The average molecular weight is 383 g/mol. The molecule has 7 rings (SSSR count). The van der Waals surface area contributed by atoms with Gasteiger partial charge in [-0.1, -0.05) is 49.2 Å². The fraction of sp³-hybridized carbons (Fsp3) is 0.444. The molecule has 0 saturated heterocycles. The van der Waals surface area contributed by atoms with Crippen molar-refractivity contribution >= 4 is 0 Å². The van der Waals surface area contributed by atoms with Gasteiger partial charge in [0.25, 0.3) is 0 Å². The van der Waals surface area contributed by atoms with E-state index in [4.69, 9.17) is 4.98 Å². The number of nitrogens with zero attached hydrogens (tertiary/aromatic N) is 1. The molecule has 2 heteroatoms. The van der Waals surface area contributed by atoms with E-state index in [1.165, 1.54) is 79.4 Å². The van der Waals surface area contributed by atoms with Crippen molar-refractivity contribution in [3.8, 4) is 22.4 Å². The molecule has 0 spiro atoms. The van der Waals surface area contributed by atoms with E-state index >= 15 is 0 Å². The molecule has 3 aromatic rings. The lowest BCUT2D eigenvalue weighted by Gasteiger charge is -2.40. The standard InChI is InChI=1S/C27H30N2/c1-17-6-15-23(26-21-13-11-20(12-14-21)25(17)26)18-7-9-19(10-8-18)24-16-28-27(29-24)22-4-2-3-5-22/h6-10,15-16,20-22H,2-5,11-14H2,1H3,(H,28,29). The summed E-state index contributed by atoms with van der Waals surface area (Å²) in [7, 11) is 0. The van der Waals surface area contributed by atoms with Gasteiger partial charge in [-0.05, 0) is 90.7 Å². The van der Waals surface area contributed by atoms with Crippen molar-refractivity contribution in [1.82, 2.24) is 9.97 Å². The minimum absolute atomic E-state index is 0.637. The van der Waals surface area contributed by atoms with Gasteiger partial charge in [0.1, 0.15) is 5.82 Å². The first-order chi connectivity index (χ1) is 14.3. The second-order valence-corrected chi connectivity index (χ2v) is 9.55. The smallest absolute Gasteiger partial charge is 0.109 e. The molecule has 0 unspecified atom stereocenters. The van der Waals surface area contributed by atoms with Crippen LogP contribution in [0, 0.1) is 6.92 Å². The Bertz CT molecular complexity index is 1030. The maximum absolute atomic E-state index is 4.69. The van der Waals surface area contributed by atoms with Crippen LogP contribution in [-0.4, -0.2) is 9.97 Å². The number of H-pyrrole nitrogens is 1. The normalized spacial score (nSPS) is 23.5. The summed E-state index contributed by atoms with van der Waals surface area (Å²) < 4.78 is 0. The highest BCUT2D eigenvalue weighted by Gasteiger charge is 2.35. The van der Waals surface area contributed by atoms with E-state index in [2.05, 4.69) is 48.3 Å². The molecule has 2 saturated carbocycles. The monoisotopic (exact) mass is 382 g/mol. The zero-order chi connectivity index (χ0) is 19.4. The molecule has 0 radical (unpaired) electrons. The van der Waals surface area contributed by atoms with Crippen LogP contribution in [0.5, 0.6) is 0 Å². The van der Waals surface area contributed by atoms with Crippen LogP contribution in [0.4, 0.5) is 0 Å². The number of hydrogen-bond acceptors (Lipinski definition) is 1. The zero-order valence-corrected chi connectivity index (χ0v) is 17.4. The molecule has 0 atom stereocenters. The average Bonchev–Trinajstić information content (AvgIpc) is 3.47. The van der Waals surface area contributed by atoms with Crippen LogP contribution in [0.25, 0.3) is 22.4 Å². The number of imidazole rings is 1. The van der Waals surface area contributed by atoms with Crippen LogP contribution >= 0.6 is 0 Å². The van der Waals surface area contributed by atoms with E-state index in [9.17, 15) is 0 Å². The SMILES string of the molecule is Cc1ccc(-c2ccc(-c3cnc(C4CCCC4)[nH]3)cc2)c2c1C1CCC2CC1. The van der Waals surface area contributed by atoms with Gasteiger partial charge in [0.15, 0.2) is 0 Å². The third kappa shape index (κ3) is 2.87. The van der Waals surface area contributed by atoms with E-state index in [1.807, 2.05) is 6.20 Å². The molecule has 4 aliphatic carbocycles. The first kappa shape index (κ1) is 17.5. The fourth-order valence-electron chi connectivity index (χ4n) is 6.37. The van der Waals surface area contributed by atoms with Crippen molar-refractivity contribution in [2.45, 2.75) is 76.0 Å². The van der Waals surface area contributed by atoms with Crippen LogP contribution in [0.3, 0.4) is 0 Å². The van der Waals surface area contributed by atoms with Gasteiger partial charge in [0.2, 0.25) is 0 Å². The van der Waals surface area contributed by atoms with Gasteiger partial charge < -0.3 is 4.98 Å². The van der Waals surface area contributed by atoms with Crippen molar-refractivity contribution in [2.24, 2.45) is 0 Å². The van der Waals surface area contributed by atoms with Gasteiger partial charge in [0.05, 0.1) is 11.9 Å². The summed E-state index contributed by atoms with van der Waals surface area (Å²) in [6.45, 7) is 2.31. The maximum atomic E-state index is 4.69. The Morgan fingerprint density at radius 2 is 1.38 bits per heavy atom. The summed E-state index contributed by atoms with van der Waals surface area (Å²) in [5.74, 6) is 3.39. The van der Waals surface area contributed by atoms with Crippen molar-refractivity contribution < 1.29 is 0 Å². The summed E-state index contributed by atoms with van der Waals surface area (Å²) in [5.41, 5.74) is 10.1. The lowest BCUT2D eigenvalue weighted by molar-refractivity contribution is 0.358. The second kappa shape index (κ2) is 6.86. The number of aromatic amines is 1. The number of fused-ring (bicyclic) bond motifs is 2. The minimum Gasteiger partial charge on any atom is -0.342 e. The molecule has 1 N–H and O–H groups in total. The van der Waals surface area contributed by atoms with Crippen molar-refractivity contribution in [3.63, 3.8) is 0 Å². The summed E-state index contributed by atoms with van der Waals surface area (Å²) in [4.78, 5) is 8.29. The van der Waals surface area contributed by atoms with Gasteiger partial charge >= 0.3 is 0 Å². The molecular weight excluding hydrogens is 352 g/mol. The number of aryl methyl sites for hydroxylation is 1. The molecule has 1 heterocycles. The van der Waals surface area contributed by atoms with Gasteiger partial charge in [0, 0.05) is 5.92 Å². The molecule has 4 aliphatic rings. The summed E-state index contributed by atoms with van der Waals surface area (Å²) in [6.07, 6.45) is 12.8. The molecule has 2 aromatic carbocycles. The first-order valence-electron chi connectivity index (χ1n) is 11.6. The lowest BCUT2D eigenvalue weighted by atomic mass is 9.64. The van der Waals surface area contributed by atoms with Crippen LogP contribution < -0.4 is 0 Å². The van der Waals surface area contributed by atoms with E-state index in [0.717, 1.165) is 17.5 Å². The molecule has 2 bridgehead atoms. The highest BCUT2D eigenvalue weighted by atomic mass is 14.9. The Labute approximate surface area is 173 Å². The van der Waals surface area contributed by atoms with E-state index < -0.39 is 0 Å². The molecule has 0 amide bonds. The third-order valence-corrected chi connectivity index (χ3v) is 7.89. The van der Waals surface area contributed by atoms with E-state index in [0.29, 0.717) is 5.92 Å². The number of aromatic nitrogens is 2. The Kier molecular flexibility index (Phi) is 4.14. The molecule has 29 heavy (non-hydrogen) atoms. The zero-order valence-electron chi connectivity index (χ0n) is 17.4. The Morgan fingerprint density at radius 3 is 2.10 bits per heavy atom. The van der Waals surface area contributed by atoms with Crippen molar-refractivity contribution in [3.05, 3.63) is 65.1 Å². The number of nitrogens with one attached hydrogen (secondary N) is 1. The molecule has 2 nitrogen and oxygen atoms in total. The van der Waals surface area contributed by atoms with Gasteiger partial charge in [-0.2, -0.15) is 0 Å². The molecule has 148 valence electrons. The summed E-state index contributed by atoms with van der Waals surface area (Å²) in [5, 5.41) is 0. The predicted molar refractivity (Wildman–Crippen MR) is 119 cm³/mol. The minimum atomic E-state index is 0.637. The van der Waals surface area contributed by atoms with Crippen LogP contribution in [0.1, 0.15) is 91.6 Å². The topological polar surface area (TPSA) is 28.7 Å². The molecule has 1 aromatic heterocycles. The molecule has 0 aliphatic heterocycles. The number of hydrogen-bond donors (Lipinski definition) is 1. The van der Waals surface area contributed by atoms with Gasteiger partial charge in [-0.3, -0.25) is 0 Å². The quantitative estimate of drug-likeness (QED) is 0.500. The van der Waals surface area contributed by atoms with Gasteiger partial charge in [-0.15, -0.1) is 0 Å². The van der Waals surface area contributed by atoms with Crippen molar-refractivity contribution in [2.75, 3.05) is 0 Å². The number of rotatable bonds is 3. The second-order valence-electron chi connectivity index (χ2n) is 9.55. The molecular formula is C27H30N2. The summed E-state index contributed by atoms with van der Waals surface area (Å²) in [6, 6.07) is 13.9. The Morgan fingerprint density at radius 1 is 0.724 bits per heavy atom. The maximum Gasteiger partial charge on any atom is 0.109 e. The number of benzene rings is 2. The third-order valence-electron chi connectivity index (χ3n) is 7.89. The Hall–Kier alpha value is -2.35. The van der Waals surface area contributed by atoms with Crippen molar-refractivity contribution in [1.29, 1.82) is 0 Å². The molecule has 2 fully saturated rings. The predicted octanol–water partition coefficient (Wildman–Crippen LogP) is 7.46. The first-order valence-corrected chi connectivity index (χ1v) is 11.6. The largest absolute Gasteiger partial charge is 0.342 e. The van der Waals surface area contributed by atoms with E-state index in [1.54, 1.807) is 11.1 Å². The van der Waals surface area contributed by atoms with Gasteiger partial charge in [-0.25, -0.2) is 4.98 Å². The highest BCUT2D eigenvalue weighted by molar-refractivity contribution is 5.74. The van der Waals surface area contributed by atoms with E-state index in [-0.39, 0.29) is 0 Å². The highest BCUT2D eigenvalue weighted by Crippen LogP contribution is 2.53. The Balaban J connectivity index is 1.34.